The van der Waals surface area contributed by atoms with Gasteiger partial charge in [-0.3, -0.25) is 0 Å². The van der Waals surface area contributed by atoms with Crippen LogP contribution in [0.1, 0.15) is 5.56 Å². The Morgan fingerprint density at radius 1 is 1.19 bits per heavy atom. The Morgan fingerprint density at radius 3 is 2.56 bits per heavy atom. The minimum absolute atomic E-state index is 0.478. The highest BCUT2D eigenvalue weighted by Gasteiger charge is 2.01. The summed E-state index contributed by atoms with van der Waals surface area (Å²) in [6, 6.07) is 9.58. The molecule has 4 nitrogen and oxygen atoms in total. The first-order chi connectivity index (χ1) is 7.79. The maximum absolute atomic E-state index is 5.60. The summed E-state index contributed by atoms with van der Waals surface area (Å²) >= 11 is 0. The second-order valence-corrected chi connectivity index (χ2v) is 3.44. The second-order valence-electron chi connectivity index (χ2n) is 3.44. The molecule has 2 rings (SSSR count). The Balaban J connectivity index is 2.27. The molecule has 1 aromatic carbocycles. The summed E-state index contributed by atoms with van der Waals surface area (Å²) in [7, 11) is 1.68. The SMILES string of the molecule is COCc1ccc(-c2nccc(N)n2)cc1. The van der Waals surface area contributed by atoms with E-state index in [9.17, 15) is 0 Å². The predicted molar refractivity (Wildman–Crippen MR) is 62.6 cm³/mol. The molecular formula is C12H13N3O. The van der Waals surface area contributed by atoms with Gasteiger partial charge in [-0.25, -0.2) is 9.97 Å². The number of nitrogen functional groups attached to an aromatic ring is 1. The van der Waals surface area contributed by atoms with Crippen molar-refractivity contribution in [3.05, 3.63) is 42.1 Å². The minimum atomic E-state index is 0.478. The molecule has 4 heteroatoms. The largest absolute Gasteiger partial charge is 0.384 e. The van der Waals surface area contributed by atoms with Gasteiger partial charge >= 0.3 is 0 Å². The van der Waals surface area contributed by atoms with Crippen LogP contribution in [0.4, 0.5) is 5.82 Å². The molecule has 82 valence electrons. The fourth-order valence-electron chi connectivity index (χ4n) is 1.43. The number of benzene rings is 1. The number of anilines is 1. The van der Waals surface area contributed by atoms with Crippen LogP contribution >= 0.6 is 0 Å². The third-order valence-electron chi connectivity index (χ3n) is 2.20. The smallest absolute Gasteiger partial charge is 0.161 e. The summed E-state index contributed by atoms with van der Waals surface area (Å²) in [6.07, 6.45) is 1.65. The quantitative estimate of drug-likeness (QED) is 0.849. The van der Waals surface area contributed by atoms with Crippen molar-refractivity contribution in [2.24, 2.45) is 0 Å². The molecule has 0 atom stereocenters. The lowest BCUT2D eigenvalue weighted by atomic mass is 10.1. The number of methoxy groups -OCH3 is 1. The monoisotopic (exact) mass is 215 g/mol. The lowest BCUT2D eigenvalue weighted by Crippen LogP contribution is -1.94. The fraction of sp³-hybridized carbons (Fsp3) is 0.167. The number of nitrogens with zero attached hydrogens (tertiary/aromatic N) is 2. The van der Waals surface area contributed by atoms with Gasteiger partial charge < -0.3 is 10.5 Å². The Labute approximate surface area is 94.1 Å². The van der Waals surface area contributed by atoms with Gasteiger partial charge in [-0.15, -0.1) is 0 Å². The summed E-state index contributed by atoms with van der Waals surface area (Å²) in [5.74, 6) is 1.12. The van der Waals surface area contributed by atoms with Crippen molar-refractivity contribution in [2.75, 3.05) is 12.8 Å². The first-order valence-corrected chi connectivity index (χ1v) is 4.96. The van der Waals surface area contributed by atoms with E-state index < -0.39 is 0 Å². The zero-order valence-electron chi connectivity index (χ0n) is 9.05. The van der Waals surface area contributed by atoms with Crippen LogP contribution in [0, 0.1) is 0 Å². The van der Waals surface area contributed by atoms with Gasteiger partial charge in [0, 0.05) is 18.9 Å². The Kier molecular flexibility index (Phi) is 3.12. The summed E-state index contributed by atoms with van der Waals surface area (Å²) < 4.78 is 5.04. The topological polar surface area (TPSA) is 61.0 Å². The zero-order chi connectivity index (χ0) is 11.4. The van der Waals surface area contributed by atoms with E-state index in [1.54, 1.807) is 19.4 Å². The first kappa shape index (κ1) is 10.6. The Hall–Kier alpha value is -1.94. The van der Waals surface area contributed by atoms with Crippen LogP contribution in [0.25, 0.3) is 11.4 Å². The summed E-state index contributed by atoms with van der Waals surface area (Å²) in [5, 5.41) is 0. The normalized spacial score (nSPS) is 10.3. The second kappa shape index (κ2) is 4.72. The Morgan fingerprint density at radius 2 is 1.94 bits per heavy atom. The van der Waals surface area contributed by atoms with Gasteiger partial charge in [0.25, 0.3) is 0 Å². The molecule has 0 radical (unpaired) electrons. The number of hydrogen-bond acceptors (Lipinski definition) is 4. The number of nitrogens with two attached hydrogens (primary N) is 1. The molecule has 0 saturated heterocycles. The average molecular weight is 215 g/mol. The number of hydrogen-bond donors (Lipinski definition) is 1. The number of aromatic nitrogens is 2. The Bertz CT molecular complexity index is 468. The fourth-order valence-corrected chi connectivity index (χ4v) is 1.43. The molecule has 0 unspecified atom stereocenters. The molecule has 0 aliphatic carbocycles. The molecule has 0 aliphatic rings. The third-order valence-corrected chi connectivity index (χ3v) is 2.20. The van der Waals surface area contributed by atoms with Crippen molar-refractivity contribution in [2.45, 2.75) is 6.61 Å². The van der Waals surface area contributed by atoms with Gasteiger partial charge in [-0.05, 0) is 11.6 Å². The number of rotatable bonds is 3. The minimum Gasteiger partial charge on any atom is -0.384 e. The van der Waals surface area contributed by atoms with E-state index in [-0.39, 0.29) is 0 Å². The molecule has 1 heterocycles. The van der Waals surface area contributed by atoms with Crippen LogP contribution < -0.4 is 5.73 Å². The molecule has 1 aromatic heterocycles. The zero-order valence-corrected chi connectivity index (χ0v) is 9.05. The summed E-state index contributed by atoms with van der Waals surface area (Å²) in [4.78, 5) is 8.32. The molecule has 2 aromatic rings. The molecule has 0 fully saturated rings. The lowest BCUT2D eigenvalue weighted by Gasteiger charge is -2.03. The molecule has 16 heavy (non-hydrogen) atoms. The number of ether oxygens (including phenoxy) is 1. The maximum atomic E-state index is 5.60. The van der Waals surface area contributed by atoms with Crippen LogP contribution in [-0.4, -0.2) is 17.1 Å². The molecule has 0 aliphatic heterocycles. The van der Waals surface area contributed by atoms with Crippen molar-refractivity contribution in [3.63, 3.8) is 0 Å². The summed E-state index contributed by atoms with van der Waals surface area (Å²) in [5.41, 5.74) is 7.67. The third kappa shape index (κ3) is 2.35. The van der Waals surface area contributed by atoms with Gasteiger partial charge in [0.05, 0.1) is 6.61 Å². The predicted octanol–water partition coefficient (Wildman–Crippen LogP) is 1.87. The maximum Gasteiger partial charge on any atom is 0.161 e. The first-order valence-electron chi connectivity index (χ1n) is 4.96. The van der Waals surface area contributed by atoms with Gasteiger partial charge in [0.2, 0.25) is 0 Å². The van der Waals surface area contributed by atoms with Crippen molar-refractivity contribution >= 4 is 5.82 Å². The molecular weight excluding hydrogens is 202 g/mol. The molecule has 2 N–H and O–H groups in total. The van der Waals surface area contributed by atoms with Crippen molar-refractivity contribution in [3.8, 4) is 11.4 Å². The van der Waals surface area contributed by atoms with Crippen LogP contribution in [0.5, 0.6) is 0 Å². The highest BCUT2D eigenvalue weighted by atomic mass is 16.5. The van der Waals surface area contributed by atoms with E-state index in [1.165, 1.54) is 0 Å². The van der Waals surface area contributed by atoms with E-state index in [0.717, 1.165) is 11.1 Å². The van der Waals surface area contributed by atoms with Crippen LogP contribution in [0.2, 0.25) is 0 Å². The lowest BCUT2D eigenvalue weighted by molar-refractivity contribution is 0.185. The van der Waals surface area contributed by atoms with Crippen LogP contribution in [0.15, 0.2) is 36.5 Å². The van der Waals surface area contributed by atoms with E-state index in [0.29, 0.717) is 18.2 Å². The van der Waals surface area contributed by atoms with E-state index in [4.69, 9.17) is 10.5 Å². The van der Waals surface area contributed by atoms with Crippen molar-refractivity contribution < 1.29 is 4.74 Å². The summed E-state index contributed by atoms with van der Waals surface area (Å²) in [6.45, 7) is 0.609. The highest BCUT2D eigenvalue weighted by molar-refractivity contribution is 5.56. The molecule has 0 spiro atoms. The molecule has 0 saturated carbocycles. The van der Waals surface area contributed by atoms with Crippen molar-refractivity contribution in [1.82, 2.24) is 9.97 Å². The van der Waals surface area contributed by atoms with E-state index >= 15 is 0 Å². The van der Waals surface area contributed by atoms with Gasteiger partial charge in [0.1, 0.15) is 5.82 Å². The van der Waals surface area contributed by atoms with Gasteiger partial charge in [-0.1, -0.05) is 24.3 Å². The van der Waals surface area contributed by atoms with E-state index in [1.807, 2.05) is 24.3 Å². The average Bonchev–Trinajstić information content (AvgIpc) is 2.30. The van der Waals surface area contributed by atoms with E-state index in [2.05, 4.69) is 9.97 Å². The van der Waals surface area contributed by atoms with Crippen LogP contribution in [-0.2, 0) is 11.3 Å². The van der Waals surface area contributed by atoms with Crippen LogP contribution in [0.3, 0.4) is 0 Å². The van der Waals surface area contributed by atoms with Gasteiger partial charge in [0.15, 0.2) is 5.82 Å². The molecule has 0 amide bonds. The molecule has 0 bridgehead atoms. The van der Waals surface area contributed by atoms with Crippen molar-refractivity contribution in [1.29, 1.82) is 0 Å². The standard InChI is InChI=1S/C12H13N3O/c1-16-8-9-2-4-10(5-3-9)12-14-7-6-11(13)15-12/h2-7H,8H2,1H3,(H2,13,14,15). The highest BCUT2D eigenvalue weighted by Crippen LogP contribution is 2.16. The van der Waals surface area contributed by atoms with Gasteiger partial charge in [-0.2, -0.15) is 0 Å².